The number of rotatable bonds is 6. The third-order valence-electron chi connectivity index (χ3n) is 5.52. The standard InChI is InChI=1S/C24H23ClN2O5S/c1-15-12-17-13-16(24(28)26-21-10-7-19(31-2)14-23(21)32-3)4-11-22(17)27(15)33(29,30)20-8-5-18(25)6-9-20/h4-11,13-15H,12H2,1-3H3,(H,26,28)/t15-/m1/s1. The van der Waals surface area contributed by atoms with Gasteiger partial charge < -0.3 is 14.8 Å². The van der Waals surface area contributed by atoms with Crippen LogP contribution < -0.4 is 19.1 Å². The second kappa shape index (κ2) is 8.96. The molecule has 0 spiro atoms. The van der Waals surface area contributed by atoms with Gasteiger partial charge in [0.1, 0.15) is 11.5 Å². The average Bonchev–Trinajstić information content (AvgIpc) is 3.15. The highest BCUT2D eigenvalue weighted by Gasteiger charge is 2.36. The number of fused-ring (bicyclic) bond motifs is 1. The summed E-state index contributed by atoms with van der Waals surface area (Å²) in [6, 6.07) is 15.9. The number of nitrogens with zero attached hydrogens (tertiary/aromatic N) is 1. The van der Waals surface area contributed by atoms with Crippen LogP contribution in [0.1, 0.15) is 22.8 Å². The van der Waals surface area contributed by atoms with E-state index < -0.39 is 10.0 Å². The monoisotopic (exact) mass is 486 g/mol. The Balaban J connectivity index is 1.61. The number of anilines is 2. The number of hydrogen-bond donors (Lipinski definition) is 1. The van der Waals surface area contributed by atoms with Gasteiger partial charge in [-0.05, 0) is 73.5 Å². The molecule has 33 heavy (non-hydrogen) atoms. The maximum absolute atomic E-state index is 13.3. The molecule has 0 fully saturated rings. The number of halogens is 1. The van der Waals surface area contributed by atoms with Crippen molar-refractivity contribution in [3.05, 3.63) is 76.8 Å². The molecule has 1 aliphatic rings. The summed E-state index contributed by atoms with van der Waals surface area (Å²) in [5.74, 6) is 0.754. The van der Waals surface area contributed by atoms with E-state index >= 15 is 0 Å². The molecule has 0 aromatic heterocycles. The topological polar surface area (TPSA) is 84.9 Å². The number of ether oxygens (including phenoxy) is 2. The molecule has 1 atom stereocenters. The Morgan fingerprint density at radius 2 is 1.76 bits per heavy atom. The van der Waals surface area contributed by atoms with Crippen LogP contribution in [0.2, 0.25) is 5.02 Å². The quantitative estimate of drug-likeness (QED) is 0.543. The van der Waals surface area contributed by atoms with Gasteiger partial charge >= 0.3 is 0 Å². The van der Waals surface area contributed by atoms with E-state index in [-0.39, 0.29) is 16.8 Å². The van der Waals surface area contributed by atoms with Gasteiger partial charge in [-0.1, -0.05) is 11.6 Å². The first-order valence-corrected chi connectivity index (χ1v) is 12.0. The molecule has 3 aromatic carbocycles. The third kappa shape index (κ3) is 4.36. The van der Waals surface area contributed by atoms with E-state index in [1.54, 1.807) is 55.6 Å². The van der Waals surface area contributed by atoms with Gasteiger partial charge in [-0.2, -0.15) is 0 Å². The summed E-state index contributed by atoms with van der Waals surface area (Å²) in [5, 5.41) is 3.31. The van der Waals surface area contributed by atoms with E-state index in [9.17, 15) is 13.2 Å². The van der Waals surface area contributed by atoms with Gasteiger partial charge in [0.2, 0.25) is 0 Å². The number of benzene rings is 3. The Morgan fingerprint density at radius 1 is 1.03 bits per heavy atom. The maximum Gasteiger partial charge on any atom is 0.264 e. The van der Waals surface area contributed by atoms with Crippen LogP contribution in [-0.4, -0.2) is 34.6 Å². The van der Waals surface area contributed by atoms with Crippen molar-refractivity contribution in [3.8, 4) is 11.5 Å². The average molecular weight is 487 g/mol. The zero-order valence-electron chi connectivity index (χ0n) is 18.3. The van der Waals surface area contributed by atoms with Crippen LogP contribution in [0.15, 0.2) is 65.6 Å². The number of hydrogen-bond acceptors (Lipinski definition) is 5. The Kier molecular flexibility index (Phi) is 6.23. The normalized spacial score (nSPS) is 15.2. The molecule has 0 saturated carbocycles. The van der Waals surface area contributed by atoms with E-state index in [0.717, 1.165) is 5.56 Å². The van der Waals surface area contributed by atoms with Gasteiger partial charge in [0.25, 0.3) is 15.9 Å². The number of carbonyl (C=O) groups is 1. The molecule has 0 aliphatic carbocycles. The Morgan fingerprint density at radius 3 is 2.42 bits per heavy atom. The molecule has 1 aliphatic heterocycles. The number of carbonyl (C=O) groups excluding carboxylic acids is 1. The van der Waals surface area contributed by atoms with Crippen LogP contribution >= 0.6 is 11.6 Å². The zero-order valence-corrected chi connectivity index (χ0v) is 19.9. The van der Waals surface area contributed by atoms with Crippen molar-refractivity contribution >= 4 is 38.9 Å². The minimum absolute atomic E-state index is 0.167. The minimum atomic E-state index is -3.77. The molecule has 1 N–H and O–H groups in total. The van der Waals surface area contributed by atoms with E-state index in [4.69, 9.17) is 21.1 Å². The van der Waals surface area contributed by atoms with Gasteiger partial charge in [-0.15, -0.1) is 0 Å². The largest absolute Gasteiger partial charge is 0.497 e. The van der Waals surface area contributed by atoms with Crippen molar-refractivity contribution < 1.29 is 22.7 Å². The lowest BCUT2D eigenvalue weighted by molar-refractivity contribution is 0.102. The summed E-state index contributed by atoms with van der Waals surface area (Å²) in [6.07, 6.45) is 0.495. The van der Waals surface area contributed by atoms with E-state index in [0.29, 0.717) is 39.9 Å². The predicted octanol–water partition coefficient (Wildman–Crippen LogP) is 4.75. The van der Waals surface area contributed by atoms with Crippen LogP contribution in [0.5, 0.6) is 11.5 Å². The van der Waals surface area contributed by atoms with Crippen LogP contribution in [0.4, 0.5) is 11.4 Å². The highest BCUT2D eigenvalue weighted by molar-refractivity contribution is 7.92. The van der Waals surface area contributed by atoms with Crippen molar-refractivity contribution in [2.75, 3.05) is 23.8 Å². The van der Waals surface area contributed by atoms with Crippen molar-refractivity contribution in [3.63, 3.8) is 0 Å². The Bertz CT molecular complexity index is 1310. The zero-order chi connectivity index (χ0) is 23.8. The van der Waals surface area contributed by atoms with Gasteiger partial charge in [0.05, 0.1) is 30.5 Å². The second-order valence-electron chi connectivity index (χ2n) is 7.67. The third-order valence-corrected chi connectivity index (χ3v) is 7.72. The molecule has 9 heteroatoms. The predicted molar refractivity (Wildman–Crippen MR) is 128 cm³/mol. The van der Waals surface area contributed by atoms with Gasteiger partial charge in [-0.3, -0.25) is 9.10 Å². The van der Waals surface area contributed by atoms with Crippen molar-refractivity contribution in [1.82, 2.24) is 0 Å². The minimum Gasteiger partial charge on any atom is -0.497 e. The lowest BCUT2D eigenvalue weighted by Gasteiger charge is -2.24. The molecule has 0 bridgehead atoms. The molecule has 0 unspecified atom stereocenters. The molecule has 1 amide bonds. The fraction of sp³-hybridized carbons (Fsp3) is 0.208. The molecule has 4 rings (SSSR count). The lowest BCUT2D eigenvalue weighted by Crippen LogP contribution is -2.35. The fourth-order valence-electron chi connectivity index (χ4n) is 3.93. The van der Waals surface area contributed by atoms with Crippen molar-refractivity contribution in [2.45, 2.75) is 24.3 Å². The maximum atomic E-state index is 13.3. The molecule has 0 radical (unpaired) electrons. The molecule has 1 heterocycles. The summed E-state index contributed by atoms with van der Waals surface area (Å²) in [7, 11) is -0.708. The van der Waals surface area contributed by atoms with Crippen LogP contribution in [0, 0.1) is 0 Å². The van der Waals surface area contributed by atoms with Gasteiger partial charge in [-0.25, -0.2) is 8.42 Å². The number of sulfonamides is 1. The molecule has 172 valence electrons. The summed E-state index contributed by atoms with van der Waals surface area (Å²) in [6.45, 7) is 1.84. The number of nitrogens with one attached hydrogen (secondary N) is 1. The molecular formula is C24H23ClN2O5S. The van der Waals surface area contributed by atoms with Gasteiger partial charge in [0.15, 0.2) is 0 Å². The van der Waals surface area contributed by atoms with Gasteiger partial charge in [0, 0.05) is 22.7 Å². The van der Waals surface area contributed by atoms with E-state index in [1.807, 2.05) is 6.92 Å². The Labute approximate surface area is 197 Å². The molecule has 0 saturated heterocycles. The highest BCUT2D eigenvalue weighted by Crippen LogP contribution is 2.38. The summed E-state index contributed by atoms with van der Waals surface area (Å²) < 4.78 is 38.5. The highest BCUT2D eigenvalue weighted by atomic mass is 35.5. The summed E-state index contributed by atoms with van der Waals surface area (Å²) in [4.78, 5) is 13.1. The van der Waals surface area contributed by atoms with Crippen LogP contribution in [0.25, 0.3) is 0 Å². The first-order valence-electron chi connectivity index (χ1n) is 10.2. The lowest BCUT2D eigenvalue weighted by atomic mass is 10.1. The first kappa shape index (κ1) is 22.9. The molecule has 7 nitrogen and oxygen atoms in total. The Hall–Kier alpha value is -3.23. The second-order valence-corrected chi connectivity index (χ2v) is 9.92. The van der Waals surface area contributed by atoms with Crippen LogP contribution in [0.3, 0.4) is 0 Å². The number of methoxy groups -OCH3 is 2. The van der Waals surface area contributed by atoms with Crippen LogP contribution in [-0.2, 0) is 16.4 Å². The molecular weight excluding hydrogens is 464 g/mol. The SMILES string of the molecule is COc1ccc(NC(=O)c2ccc3c(c2)C[C@@H](C)N3S(=O)(=O)c2ccc(Cl)cc2)c(OC)c1. The summed E-state index contributed by atoms with van der Waals surface area (Å²) in [5.41, 5.74) is 2.28. The summed E-state index contributed by atoms with van der Waals surface area (Å²) >= 11 is 5.91. The fourth-order valence-corrected chi connectivity index (χ4v) is 5.75. The first-order chi connectivity index (χ1) is 15.7. The smallest absolute Gasteiger partial charge is 0.264 e. The van der Waals surface area contributed by atoms with E-state index in [1.165, 1.54) is 23.5 Å². The van der Waals surface area contributed by atoms with Crippen molar-refractivity contribution in [2.24, 2.45) is 0 Å². The van der Waals surface area contributed by atoms with E-state index in [2.05, 4.69) is 5.32 Å². The number of amides is 1. The molecule has 3 aromatic rings. The van der Waals surface area contributed by atoms with Crippen molar-refractivity contribution in [1.29, 1.82) is 0 Å².